The van der Waals surface area contributed by atoms with E-state index < -0.39 is 7.12 Å². The zero-order valence-corrected chi connectivity index (χ0v) is 8.77. The van der Waals surface area contributed by atoms with Gasteiger partial charge in [0.1, 0.15) is 0 Å². The number of hydrogen-bond acceptors (Lipinski definition) is 2. The van der Waals surface area contributed by atoms with E-state index in [1.165, 1.54) is 5.56 Å². The van der Waals surface area contributed by atoms with E-state index in [1.807, 2.05) is 18.2 Å². The largest absolute Gasteiger partial charge is 0.488 e. The molecule has 1 unspecified atom stereocenters. The summed E-state index contributed by atoms with van der Waals surface area (Å²) in [6, 6.07) is 7.48. The van der Waals surface area contributed by atoms with E-state index in [4.69, 9.17) is 10.0 Å². The van der Waals surface area contributed by atoms with Crippen LogP contribution in [-0.2, 0) is 6.42 Å². The molecule has 1 atom stereocenters. The SMILES string of the molecule is CCC(C)Cc1cccc(B(O)O)c1. The molecule has 0 aromatic heterocycles. The van der Waals surface area contributed by atoms with Gasteiger partial charge in [-0.25, -0.2) is 0 Å². The first-order chi connectivity index (χ1) is 6.63. The molecule has 0 amide bonds. The van der Waals surface area contributed by atoms with Crippen molar-refractivity contribution in [1.82, 2.24) is 0 Å². The predicted octanol–water partition coefficient (Wildman–Crippen LogP) is 0.955. The normalized spacial score (nSPS) is 12.6. The summed E-state index contributed by atoms with van der Waals surface area (Å²) in [6.07, 6.45) is 2.14. The van der Waals surface area contributed by atoms with Crippen LogP contribution in [0.15, 0.2) is 24.3 Å². The first kappa shape index (κ1) is 11.3. The first-order valence-corrected chi connectivity index (χ1v) is 5.08. The van der Waals surface area contributed by atoms with Gasteiger partial charge < -0.3 is 10.0 Å². The van der Waals surface area contributed by atoms with Crippen LogP contribution < -0.4 is 5.46 Å². The van der Waals surface area contributed by atoms with Crippen molar-refractivity contribution in [2.24, 2.45) is 5.92 Å². The van der Waals surface area contributed by atoms with E-state index >= 15 is 0 Å². The summed E-state index contributed by atoms with van der Waals surface area (Å²) in [5.74, 6) is 0.640. The Bertz CT molecular complexity index is 286. The maximum atomic E-state index is 9.00. The molecule has 3 heteroatoms. The lowest BCUT2D eigenvalue weighted by Gasteiger charge is -2.09. The standard InChI is InChI=1S/C11H17BO2/c1-3-9(2)7-10-5-4-6-11(8-10)12(13)14/h4-6,8-9,13-14H,3,7H2,1-2H3. The summed E-state index contributed by atoms with van der Waals surface area (Å²) in [5, 5.41) is 18.0. The highest BCUT2D eigenvalue weighted by molar-refractivity contribution is 6.58. The van der Waals surface area contributed by atoms with E-state index in [0.29, 0.717) is 11.4 Å². The molecule has 0 fully saturated rings. The smallest absolute Gasteiger partial charge is 0.423 e. The van der Waals surface area contributed by atoms with Crippen molar-refractivity contribution < 1.29 is 10.0 Å². The Hall–Kier alpha value is -0.795. The summed E-state index contributed by atoms with van der Waals surface area (Å²) in [7, 11) is -1.35. The highest BCUT2D eigenvalue weighted by Gasteiger charge is 2.11. The van der Waals surface area contributed by atoms with Crippen LogP contribution in [0.4, 0.5) is 0 Å². The fraction of sp³-hybridized carbons (Fsp3) is 0.455. The van der Waals surface area contributed by atoms with E-state index in [-0.39, 0.29) is 0 Å². The third-order valence-corrected chi connectivity index (χ3v) is 2.53. The number of rotatable bonds is 4. The molecule has 2 N–H and O–H groups in total. The van der Waals surface area contributed by atoms with Gasteiger partial charge in [-0.1, -0.05) is 44.5 Å². The monoisotopic (exact) mass is 192 g/mol. The van der Waals surface area contributed by atoms with Gasteiger partial charge >= 0.3 is 7.12 Å². The second-order valence-electron chi connectivity index (χ2n) is 3.84. The number of benzene rings is 1. The minimum Gasteiger partial charge on any atom is -0.423 e. The second-order valence-corrected chi connectivity index (χ2v) is 3.84. The summed E-state index contributed by atoms with van der Waals surface area (Å²) < 4.78 is 0. The molecule has 0 saturated heterocycles. The summed E-state index contributed by atoms with van der Waals surface area (Å²) in [5.41, 5.74) is 1.75. The molecule has 0 aliphatic carbocycles. The molecule has 14 heavy (non-hydrogen) atoms. The first-order valence-electron chi connectivity index (χ1n) is 5.08. The lowest BCUT2D eigenvalue weighted by molar-refractivity contribution is 0.425. The average Bonchev–Trinajstić information content (AvgIpc) is 2.18. The molecular weight excluding hydrogens is 175 g/mol. The van der Waals surface area contributed by atoms with Gasteiger partial charge in [-0.15, -0.1) is 0 Å². The molecule has 0 saturated carbocycles. The van der Waals surface area contributed by atoms with Crippen molar-refractivity contribution in [1.29, 1.82) is 0 Å². The topological polar surface area (TPSA) is 40.5 Å². The Morgan fingerprint density at radius 3 is 2.64 bits per heavy atom. The van der Waals surface area contributed by atoms with Crippen molar-refractivity contribution in [3.8, 4) is 0 Å². The van der Waals surface area contributed by atoms with Gasteiger partial charge in [-0.2, -0.15) is 0 Å². The van der Waals surface area contributed by atoms with Crippen LogP contribution in [0, 0.1) is 5.92 Å². The highest BCUT2D eigenvalue weighted by atomic mass is 16.4. The Labute approximate surface area is 85.7 Å². The fourth-order valence-corrected chi connectivity index (χ4v) is 1.43. The Balaban J connectivity index is 2.73. The van der Waals surface area contributed by atoms with Crippen LogP contribution in [0.1, 0.15) is 25.8 Å². The van der Waals surface area contributed by atoms with E-state index in [0.717, 1.165) is 12.8 Å². The van der Waals surface area contributed by atoms with E-state index in [1.54, 1.807) is 6.07 Å². The lowest BCUT2D eigenvalue weighted by atomic mass is 9.79. The molecule has 1 rings (SSSR count). The van der Waals surface area contributed by atoms with E-state index in [9.17, 15) is 0 Å². The van der Waals surface area contributed by atoms with Gasteiger partial charge in [0.2, 0.25) is 0 Å². The molecule has 0 radical (unpaired) electrons. The van der Waals surface area contributed by atoms with Gasteiger partial charge in [-0.05, 0) is 23.4 Å². The average molecular weight is 192 g/mol. The molecule has 76 valence electrons. The minimum absolute atomic E-state index is 0.575. The summed E-state index contributed by atoms with van der Waals surface area (Å²) in [4.78, 5) is 0. The maximum Gasteiger partial charge on any atom is 0.488 e. The van der Waals surface area contributed by atoms with Crippen LogP contribution in [-0.4, -0.2) is 17.2 Å². The molecule has 0 heterocycles. The number of hydrogen-bond donors (Lipinski definition) is 2. The Morgan fingerprint density at radius 2 is 2.07 bits per heavy atom. The lowest BCUT2D eigenvalue weighted by Crippen LogP contribution is -2.29. The van der Waals surface area contributed by atoms with Crippen LogP contribution >= 0.6 is 0 Å². The van der Waals surface area contributed by atoms with Crippen LogP contribution in [0.3, 0.4) is 0 Å². The second kappa shape index (κ2) is 5.18. The molecule has 0 bridgehead atoms. The van der Waals surface area contributed by atoms with Crippen molar-refractivity contribution >= 4 is 12.6 Å². The summed E-state index contributed by atoms with van der Waals surface area (Å²) in [6.45, 7) is 4.36. The Morgan fingerprint density at radius 1 is 1.36 bits per heavy atom. The van der Waals surface area contributed by atoms with E-state index in [2.05, 4.69) is 13.8 Å². The zero-order valence-electron chi connectivity index (χ0n) is 8.77. The zero-order chi connectivity index (χ0) is 10.6. The quantitative estimate of drug-likeness (QED) is 0.697. The van der Waals surface area contributed by atoms with Crippen LogP contribution in [0.5, 0.6) is 0 Å². The van der Waals surface area contributed by atoms with Gasteiger partial charge in [-0.3, -0.25) is 0 Å². The molecule has 0 aliphatic heterocycles. The summed E-state index contributed by atoms with van der Waals surface area (Å²) >= 11 is 0. The molecule has 0 spiro atoms. The van der Waals surface area contributed by atoms with Crippen molar-refractivity contribution in [3.05, 3.63) is 29.8 Å². The third-order valence-electron chi connectivity index (χ3n) is 2.53. The predicted molar refractivity (Wildman–Crippen MR) is 59.4 cm³/mol. The van der Waals surface area contributed by atoms with Gasteiger partial charge in [0.05, 0.1) is 0 Å². The molecule has 0 aliphatic rings. The highest BCUT2D eigenvalue weighted by Crippen LogP contribution is 2.09. The minimum atomic E-state index is -1.35. The van der Waals surface area contributed by atoms with Gasteiger partial charge in [0.25, 0.3) is 0 Å². The molecule has 2 nitrogen and oxygen atoms in total. The van der Waals surface area contributed by atoms with Crippen molar-refractivity contribution in [2.45, 2.75) is 26.7 Å². The maximum absolute atomic E-state index is 9.00. The van der Waals surface area contributed by atoms with Crippen molar-refractivity contribution in [2.75, 3.05) is 0 Å². The Kier molecular flexibility index (Phi) is 4.17. The van der Waals surface area contributed by atoms with Gasteiger partial charge in [0, 0.05) is 0 Å². The van der Waals surface area contributed by atoms with Crippen molar-refractivity contribution in [3.63, 3.8) is 0 Å². The fourth-order valence-electron chi connectivity index (χ4n) is 1.43. The van der Waals surface area contributed by atoms with Crippen LogP contribution in [0.25, 0.3) is 0 Å². The molecular formula is C11H17BO2. The molecule has 1 aromatic rings. The molecule has 1 aromatic carbocycles. The van der Waals surface area contributed by atoms with Gasteiger partial charge in [0.15, 0.2) is 0 Å². The van der Waals surface area contributed by atoms with Crippen LogP contribution in [0.2, 0.25) is 0 Å². The third kappa shape index (κ3) is 3.16.